The molecule has 0 aliphatic carbocycles. The summed E-state index contributed by atoms with van der Waals surface area (Å²) in [4.78, 5) is 31.9. The molecule has 1 atom stereocenters. The van der Waals surface area contributed by atoms with Crippen molar-refractivity contribution in [1.29, 1.82) is 0 Å². The van der Waals surface area contributed by atoms with Crippen LogP contribution in [0, 0.1) is 13.8 Å². The van der Waals surface area contributed by atoms with E-state index in [1.807, 2.05) is 68.5 Å². The van der Waals surface area contributed by atoms with Gasteiger partial charge in [-0.05, 0) is 79.4 Å². The second-order valence-corrected chi connectivity index (χ2v) is 10.9. The van der Waals surface area contributed by atoms with Crippen molar-refractivity contribution in [3.05, 3.63) is 119 Å². The number of esters is 1. The lowest BCUT2D eigenvalue weighted by atomic mass is 9.96. The average Bonchev–Trinajstić information content (AvgIpc) is 3.30. The number of hydrogen-bond donors (Lipinski definition) is 0. The number of nitrogens with zero attached hydrogens (tertiary/aromatic N) is 2. The molecule has 0 saturated carbocycles. The molecule has 1 aromatic heterocycles. The number of aromatic nitrogens is 1. The van der Waals surface area contributed by atoms with Crippen molar-refractivity contribution in [2.75, 3.05) is 21.3 Å². The van der Waals surface area contributed by atoms with E-state index in [0.29, 0.717) is 38.7 Å². The van der Waals surface area contributed by atoms with E-state index >= 15 is 0 Å². The summed E-state index contributed by atoms with van der Waals surface area (Å²) in [6.45, 7) is 6.14. The minimum atomic E-state index is -0.695. The molecule has 8 nitrogen and oxygen atoms in total. The first-order valence-electron chi connectivity index (χ1n) is 13.4. The Morgan fingerprint density at radius 3 is 2.43 bits per heavy atom. The first kappa shape index (κ1) is 28.9. The van der Waals surface area contributed by atoms with Crippen molar-refractivity contribution >= 4 is 23.4 Å². The van der Waals surface area contributed by atoms with Crippen LogP contribution in [0.15, 0.2) is 81.7 Å². The number of thiazole rings is 1. The molecule has 0 radical (unpaired) electrons. The number of carbonyl (C=O) groups is 1. The highest BCUT2D eigenvalue weighted by molar-refractivity contribution is 7.07. The van der Waals surface area contributed by atoms with Gasteiger partial charge in [0.15, 0.2) is 4.80 Å². The molecule has 42 heavy (non-hydrogen) atoms. The summed E-state index contributed by atoms with van der Waals surface area (Å²) in [5.74, 6) is 1.64. The maximum absolute atomic E-state index is 13.9. The Morgan fingerprint density at radius 2 is 1.74 bits per heavy atom. The van der Waals surface area contributed by atoms with E-state index < -0.39 is 12.0 Å². The summed E-state index contributed by atoms with van der Waals surface area (Å²) in [7, 11) is 4.53. The van der Waals surface area contributed by atoms with Crippen molar-refractivity contribution < 1.29 is 23.7 Å². The summed E-state index contributed by atoms with van der Waals surface area (Å²) in [5, 5.41) is 0. The molecule has 0 N–H and O–H groups in total. The van der Waals surface area contributed by atoms with E-state index in [2.05, 4.69) is 4.99 Å². The Bertz CT molecular complexity index is 1870. The third-order valence-electron chi connectivity index (χ3n) is 7.40. The zero-order valence-corrected chi connectivity index (χ0v) is 25.2. The molecule has 9 heteroatoms. The molecule has 0 saturated heterocycles. The summed E-state index contributed by atoms with van der Waals surface area (Å²) < 4.78 is 24.2. The van der Waals surface area contributed by atoms with E-state index in [4.69, 9.17) is 18.9 Å². The van der Waals surface area contributed by atoms with E-state index in [1.165, 1.54) is 18.4 Å². The van der Waals surface area contributed by atoms with Gasteiger partial charge in [-0.15, -0.1) is 0 Å². The van der Waals surface area contributed by atoms with Gasteiger partial charge in [0, 0.05) is 5.56 Å². The van der Waals surface area contributed by atoms with Crippen LogP contribution < -0.4 is 29.1 Å². The molecule has 4 aromatic rings. The van der Waals surface area contributed by atoms with E-state index in [-0.39, 0.29) is 5.56 Å². The molecule has 3 aromatic carbocycles. The van der Waals surface area contributed by atoms with Crippen molar-refractivity contribution in [2.24, 2.45) is 4.99 Å². The van der Waals surface area contributed by atoms with E-state index in [0.717, 1.165) is 33.6 Å². The summed E-state index contributed by atoms with van der Waals surface area (Å²) in [6.07, 6.45) is 1.83. The fourth-order valence-electron chi connectivity index (χ4n) is 4.98. The summed E-state index contributed by atoms with van der Waals surface area (Å²) in [5.41, 5.74) is 5.21. The highest BCUT2D eigenvalue weighted by Gasteiger charge is 2.33. The molecular formula is C33H32N2O6S. The Balaban J connectivity index is 1.57. The number of aryl methyl sites for hydroxylation is 1. The van der Waals surface area contributed by atoms with Crippen LogP contribution in [-0.2, 0) is 16.1 Å². The molecule has 1 aliphatic heterocycles. The van der Waals surface area contributed by atoms with Gasteiger partial charge in [0.05, 0.1) is 43.2 Å². The monoisotopic (exact) mass is 584 g/mol. The number of carbonyl (C=O) groups excluding carboxylic acids is 1. The van der Waals surface area contributed by atoms with Crippen LogP contribution in [0.4, 0.5) is 0 Å². The van der Waals surface area contributed by atoms with Crippen molar-refractivity contribution in [2.45, 2.75) is 33.4 Å². The number of methoxy groups -OCH3 is 3. The zero-order chi connectivity index (χ0) is 30.0. The molecule has 5 rings (SSSR count). The molecule has 0 bridgehead atoms. The molecule has 1 aliphatic rings. The van der Waals surface area contributed by atoms with Gasteiger partial charge in [-0.3, -0.25) is 9.36 Å². The van der Waals surface area contributed by atoms with Crippen molar-refractivity contribution in [3.63, 3.8) is 0 Å². The number of allylic oxidation sites excluding steroid dienone is 1. The molecule has 0 unspecified atom stereocenters. The van der Waals surface area contributed by atoms with Gasteiger partial charge in [-0.1, -0.05) is 41.7 Å². The van der Waals surface area contributed by atoms with Crippen LogP contribution in [0.25, 0.3) is 6.08 Å². The Hall–Kier alpha value is -4.63. The van der Waals surface area contributed by atoms with E-state index in [9.17, 15) is 9.59 Å². The second-order valence-electron chi connectivity index (χ2n) is 9.90. The number of rotatable bonds is 8. The molecular weight excluding hydrogens is 552 g/mol. The van der Waals surface area contributed by atoms with Crippen LogP contribution in [0.1, 0.15) is 40.8 Å². The SMILES string of the molecule is COC(=O)C1=C(C)N=c2s/c(=C/c3ccc(OC)c(COc4cccc(C)c4C)c3)c(=O)n2[C@H]1c1ccc(OC)cc1. The molecule has 216 valence electrons. The lowest BCUT2D eigenvalue weighted by Gasteiger charge is -2.24. The minimum Gasteiger partial charge on any atom is -0.497 e. The van der Waals surface area contributed by atoms with Gasteiger partial charge in [-0.2, -0.15) is 0 Å². The number of hydrogen-bond acceptors (Lipinski definition) is 8. The van der Waals surface area contributed by atoms with Gasteiger partial charge in [-0.25, -0.2) is 9.79 Å². The van der Waals surface area contributed by atoms with Crippen molar-refractivity contribution in [1.82, 2.24) is 4.57 Å². The lowest BCUT2D eigenvalue weighted by Crippen LogP contribution is -2.39. The lowest BCUT2D eigenvalue weighted by molar-refractivity contribution is -0.136. The number of ether oxygens (including phenoxy) is 4. The highest BCUT2D eigenvalue weighted by atomic mass is 32.1. The second kappa shape index (κ2) is 12.1. The van der Waals surface area contributed by atoms with Gasteiger partial charge in [0.25, 0.3) is 5.56 Å². The predicted octanol–water partition coefficient (Wildman–Crippen LogP) is 4.62. The van der Waals surface area contributed by atoms with Crippen molar-refractivity contribution in [3.8, 4) is 17.2 Å². The summed E-state index contributed by atoms with van der Waals surface area (Å²) in [6, 6.07) is 18.3. The normalized spacial score (nSPS) is 14.7. The van der Waals surface area contributed by atoms with Crippen LogP contribution in [0.3, 0.4) is 0 Å². The summed E-state index contributed by atoms with van der Waals surface area (Å²) >= 11 is 1.27. The topological polar surface area (TPSA) is 88.4 Å². The quantitative estimate of drug-likeness (QED) is 0.281. The smallest absolute Gasteiger partial charge is 0.338 e. The van der Waals surface area contributed by atoms with Crippen LogP contribution in [0.2, 0.25) is 0 Å². The Morgan fingerprint density at radius 1 is 0.976 bits per heavy atom. The van der Waals surface area contributed by atoms with Crippen LogP contribution in [-0.4, -0.2) is 31.9 Å². The predicted molar refractivity (Wildman–Crippen MR) is 162 cm³/mol. The average molecular weight is 585 g/mol. The van der Waals surface area contributed by atoms with Crippen LogP contribution in [0.5, 0.6) is 17.2 Å². The third-order valence-corrected chi connectivity index (χ3v) is 8.38. The maximum Gasteiger partial charge on any atom is 0.338 e. The standard InChI is InChI=1S/C33H32N2O6S/c1-19-8-7-9-26(20(19)2)41-18-24-16-22(10-15-27(24)39-5)17-28-31(36)35-30(23-11-13-25(38-4)14-12-23)29(32(37)40-6)21(3)34-33(35)42-28/h7-17,30H,18H2,1-6H3/b28-17+/t30-/m0/s1. The van der Waals surface area contributed by atoms with E-state index in [1.54, 1.807) is 37.8 Å². The van der Waals surface area contributed by atoms with Gasteiger partial charge in [0.2, 0.25) is 0 Å². The largest absolute Gasteiger partial charge is 0.497 e. The Labute approximate surface area is 247 Å². The molecule has 0 fully saturated rings. The number of fused-ring (bicyclic) bond motifs is 1. The Kier molecular flexibility index (Phi) is 8.31. The van der Waals surface area contributed by atoms with Crippen LogP contribution >= 0.6 is 11.3 Å². The molecule has 2 heterocycles. The number of benzene rings is 3. The zero-order valence-electron chi connectivity index (χ0n) is 24.4. The molecule has 0 spiro atoms. The first-order chi connectivity index (χ1) is 20.2. The third kappa shape index (κ3) is 5.47. The first-order valence-corrected chi connectivity index (χ1v) is 14.2. The fourth-order valence-corrected chi connectivity index (χ4v) is 6.03. The highest BCUT2D eigenvalue weighted by Crippen LogP contribution is 2.31. The van der Waals surface area contributed by atoms with Gasteiger partial charge >= 0.3 is 5.97 Å². The molecule has 0 amide bonds. The maximum atomic E-state index is 13.9. The minimum absolute atomic E-state index is 0.252. The van der Waals surface area contributed by atoms with Gasteiger partial charge in [0.1, 0.15) is 23.9 Å². The fraction of sp³-hybridized carbons (Fsp3) is 0.242. The van der Waals surface area contributed by atoms with Gasteiger partial charge < -0.3 is 18.9 Å².